The molecule has 0 aromatic heterocycles. The van der Waals surface area contributed by atoms with Gasteiger partial charge in [0.2, 0.25) is 5.84 Å². The van der Waals surface area contributed by atoms with Crippen LogP contribution in [0.4, 0.5) is 5.69 Å². The molecule has 0 bridgehead atoms. The molecule has 6 nitrogen and oxygen atoms in total. The molecule has 1 aromatic rings. The maximum Gasteiger partial charge on any atom is 0.280 e. The number of amidine groups is 1. The van der Waals surface area contributed by atoms with Crippen molar-refractivity contribution >= 4 is 17.4 Å². The van der Waals surface area contributed by atoms with E-state index >= 15 is 0 Å². The molecule has 20 heavy (non-hydrogen) atoms. The van der Waals surface area contributed by atoms with Gasteiger partial charge in [0.15, 0.2) is 12.4 Å². The number of anilines is 1. The van der Waals surface area contributed by atoms with E-state index in [0.29, 0.717) is 12.4 Å². The number of para-hydroxylation sites is 1. The third-order valence-corrected chi connectivity index (χ3v) is 3.14. The minimum Gasteiger partial charge on any atom is -0.376 e. The largest absolute Gasteiger partial charge is 0.376 e. The highest BCUT2D eigenvalue weighted by Crippen LogP contribution is 2.09. The number of hydrogen-bond donors (Lipinski definition) is 3. The minimum absolute atomic E-state index is 0.0489. The molecule has 2 aliphatic heterocycles. The predicted octanol–water partition coefficient (Wildman–Crippen LogP) is -0.500. The van der Waals surface area contributed by atoms with E-state index in [1.807, 2.05) is 30.3 Å². The fourth-order valence-corrected chi connectivity index (χ4v) is 2.12. The summed E-state index contributed by atoms with van der Waals surface area (Å²) in [6.07, 6.45) is 5.34. The Morgan fingerprint density at radius 2 is 2.20 bits per heavy atom. The number of rotatable bonds is 3. The molecule has 6 heteroatoms. The van der Waals surface area contributed by atoms with E-state index in [4.69, 9.17) is 5.11 Å². The molecule has 1 unspecified atom stereocenters. The Morgan fingerprint density at radius 3 is 2.95 bits per heavy atom. The highest BCUT2D eigenvalue weighted by atomic mass is 16.3. The van der Waals surface area contributed by atoms with Gasteiger partial charge in [-0.1, -0.05) is 18.2 Å². The molecule has 0 spiro atoms. The quantitative estimate of drug-likeness (QED) is 0.694. The average Bonchev–Trinajstić information content (AvgIpc) is 2.91. The number of aliphatic imine (C=N–C) groups is 1. The first kappa shape index (κ1) is 12.6. The minimum atomic E-state index is -0.227. The molecule has 0 saturated heterocycles. The van der Waals surface area contributed by atoms with Gasteiger partial charge in [0.25, 0.3) is 5.91 Å². The van der Waals surface area contributed by atoms with Gasteiger partial charge in [0.1, 0.15) is 12.9 Å². The number of hydrogen-bond acceptors (Lipinski definition) is 4. The van der Waals surface area contributed by atoms with E-state index < -0.39 is 0 Å². The van der Waals surface area contributed by atoms with Crippen molar-refractivity contribution in [3.05, 3.63) is 54.5 Å². The molecule has 1 atom stereocenters. The van der Waals surface area contributed by atoms with Gasteiger partial charge in [-0.2, -0.15) is 4.99 Å². The molecular formula is C14H15N4O2+. The van der Waals surface area contributed by atoms with Gasteiger partial charge in [-0.3, -0.25) is 4.79 Å². The first-order valence-corrected chi connectivity index (χ1v) is 6.32. The van der Waals surface area contributed by atoms with Crippen molar-refractivity contribution in [3.8, 4) is 0 Å². The SMILES string of the molecule is O=C(Nc1ccccc1)C1=C[NH+]2CN(CO)C=CC2=N1. The van der Waals surface area contributed by atoms with Crippen molar-refractivity contribution in [1.82, 2.24) is 4.90 Å². The number of aliphatic hydroxyl groups excluding tert-OH is 1. The second kappa shape index (κ2) is 5.28. The third kappa shape index (κ3) is 2.47. The summed E-state index contributed by atoms with van der Waals surface area (Å²) in [6.45, 7) is 0.514. The lowest BCUT2D eigenvalue weighted by molar-refractivity contribution is -0.758. The number of fused-ring (bicyclic) bond motifs is 1. The second-order valence-electron chi connectivity index (χ2n) is 4.58. The Labute approximate surface area is 116 Å². The summed E-state index contributed by atoms with van der Waals surface area (Å²) in [5.41, 5.74) is 1.13. The molecule has 1 aromatic carbocycles. The summed E-state index contributed by atoms with van der Waals surface area (Å²) in [5.74, 6) is 0.558. The van der Waals surface area contributed by atoms with Crippen LogP contribution in [0.25, 0.3) is 0 Å². The Hall–Kier alpha value is -2.44. The van der Waals surface area contributed by atoms with Crippen LogP contribution >= 0.6 is 0 Å². The number of nitrogens with zero attached hydrogens (tertiary/aromatic N) is 2. The number of quaternary nitrogens is 1. The number of nitrogens with one attached hydrogen (secondary N) is 2. The standard InChI is InChI=1S/C14H14N4O2/c19-10-17-7-6-13-16-12(8-18(13)9-17)14(20)15-11-4-2-1-3-5-11/h1-8,19H,9-10H2,(H,15,20)/p+1. The van der Waals surface area contributed by atoms with Crippen LogP contribution in [-0.2, 0) is 4.79 Å². The summed E-state index contributed by atoms with van der Waals surface area (Å²) in [7, 11) is 0. The van der Waals surface area contributed by atoms with Crippen LogP contribution < -0.4 is 10.2 Å². The third-order valence-electron chi connectivity index (χ3n) is 3.14. The van der Waals surface area contributed by atoms with Crippen molar-refractivity contribution < 1.29 is 14.8 Å². The van der Waals surface area contributed by atoms with Crippen molar-refractivity contribution in [3.63, 3.8) is 0 Å². The van der Waals surface area contributed by atoms with E-state index in [9.17, 15) is 4.79 Å². The number of aliphatic hydroxyl groups is 1. The number of benzene rings is 1. The maximum absolute atomic E-state index is 12.1. The van der Waals surface area contributed by atoms with Crippen LogP contribution in [0.2, 0.25) is 0 Å². The van der Waals surface area contributed by atoms with E-state index in [2.05, 4.69) is 10.3 Å². The molecule has 0 fully saturated rings. The molecule has 0 saturated carbocycles. The monoisotopic (exact) mass is 271 g/mol. The summed E-state index contributed by atoms with van der Waals surface area (Å²) >= 11 is 0. The van der Waals surface area contributed by atoms with Gasteiger partial charge in [0, 0.05) is 18.0 Å². The van der Waals surface area contributed by atoms with Gasteiger partial charge in [-0.05, 0) is 12.1 Å². The molecule has 0 aliphatic carbocycles. The average molecular weight is 271 g/mol. The molecule has 1 amide bonds. The lowest BCUT2D eigenvalue weighted by atomic mass is 10.3. The van der Waals surface area contributed by atoms with Crippen LogP contribution in [-0.4, -0.2) is 35.1 Å². The number of carbonyl (C=O) groups is 1. The first-order chi connectivity index (χ1) is 9.76. The van der Waals surface area contributed by atoms with Crippen molar-refractivity contribution in [1.29, 1.82) is 0 Å². The smallest absolute Gasteiger partial charge is 0.280 e. The van der Waals surface area contributed by atoms with Gasteiger partial charge in [-0.25, -0.2) is 4.90 Å². The predicted molar refractivity (Wildman–Crippen MR) is 74.5 cm³/mol. The van der Waals surface area contributed by atoms with Crippen molar-refractivity contribution in [2.24, 2.45) is 4.99 Å². The maximum atomic E-state index is 12.1. The summed E-state index contributed by atoms with van der Waals surface area (Å²) < 4.78 is 0. The fraction of sp³-hybridized carbons (Fsp3) is 0.143. The second-order valence-corrected chi connectivity index (χ2v) is 4.58. The normalized spacial score (nSPS) is 20.2. The summed E-state index contributed by atoms with van der Waals surface area (Å²) in [6, 6.07) is 9.27. The molecule has 0 radical (unpaired) electrons. The van der Waals surface area contributed by atoms with E-state index in [0.717, 1.165) is 16.4 Å². The Kier molecular flexibility index (Phi) is 3.32. The highest BCUT2D eigenvalue weighted by Gasteiger charge is 2.29. The fourth-order valence-electron chi connectivity index (χ4n) is 2.12. The molecule has 2 heterocycles. The van der Waals surface area contributed by atoms with Crippen LogP contribution in [0.15, 0.2) is 59.5 Å². The zero-order valence-electron chi connectivity index (χ0n) is 10.8. The number of carbonyl (C=O) groups excluding carboxylic acids is 1. The Morgan fingerprint density at radius 1 is 1.40 bits per heavy atom. The summed E-state index contributed by atoms with van der Waals surface area (Å²) in [5, 5.41) is 11.9. The number of amides is 1. The van der Waals surface area contributed by atoms with Gasteiger partial charge in [-0.15, -0.1) is 0 Å². The molecule has 2 aliphatic rings. The first-order valence-electron chi connectivity index (χ1n) is 6.32. The van der Waals surface area contributed by atoms with Crippen molar-refractivity contribution in [2.75, 3.05) is 18.7 Å². The van der Waals surface area contributed by atoms with E-state index in [-0.39, 0.29) is 12.6 Å². The summed E-state index contributed by atoms with van der Waals surface area (Å²) in [4.78, 5) is 19.1. The lowest BCUT2D eigenvalue weighted by Crippen LogP contribution is -3.11. The molecular weight excluding hydrogens is 256 g/mol. The molecule has 3 N–H and O–H groups in total. The Bertz CT molecular complexity index is 607. The van der Waals surface area contributed by atoms with Gasteiger partial charge in [0.05, 0.1) is 0 Å². The Balaban J connectivity index is 1.72. The topological polar surface area (TPSA) is 69.4 Å². The molecule has 3 rings (SSSR count). The lowest BCUT2D eigenvalue weighted by Gasteiger charge is -2.23. The zero-order valence-corrected chi connectivity index (χ0v) is 10.8. The van der Waals surface area contributed by atoms with Crippen LogP contribution in [0, 0.1) is 0 Å². The van der Waals surface area contributed by atoms with E-state index in [1.165, 1.54) is 0 Å². The van der Waals surface area contributed by atoms with Crippen LogP contribution in [0.5, 0.6) is 0 Å². The van der Waals surface area contributed by atoms with Crippen LogP contribution in [0.3, 0.4) is 0 Å². The highest BCUT2D eigenvalue weighted by molar-refractivity contribution is 6.06. The molecule has 102 valence electrons. The van der Waals surface area contributed by atoms with Gasteiger partial charge < -0.3 is 15.3 Å². The zero-order chi connectivity index (χ0) is 13.9. The van der Waals surface area contributed by atoms with Gasteiger partial charge >= 0.3 is 0 Å². The van der Waals surface area contributed by atoms with E-state index in [1.54, 1.807) is 23.4 Å². The van der Waals surface area contributed by atoms with Crippen molar-refractivity contribution in [2.45, 2.75) is 0 Å². The van der Waals surface area contributed by atoms with Crippen LogP contribution in [0.1, 0.15) is 0 Å².